The van der Waals surface area contributed by atoms with Crippen LogP contribution in [0.5, 0.6) is 0 Å². The molecule has 0 fully saturated rings. The molecule has 2 rings (SSSR count). The van der Waals surface area contributed by atoms with Crippen molar-refractivity contribution in [3.8, 4) is 0 Å². The summed E-state index contributed by atoms with van der Waals surface area (Å²) in [6, 6.07) is 13.4. The first-order valence-corrected chi connectivity index (χ1v) is 12.6. The second-order valence-corrected chi connectivity index (χ2v) is 10.5. The van der Waals surface area contributed by atoms with Crippen LogP contribution in [-0.2, 0) is 0 Å². The largest absolute Gasteiger partial charge is 0.302 e. The summed E-state index contributed by atoms with van der Waals surface area (Å²) in [6.45, 7) is 22.2. The summed E-state index contributed by atoms with van der Waals surface area (Å²) < 4.78 is 0. The molecule has 0 heterocycles. The maximum atomic E-state index is 4.96. The molecule has 0 aliphatic carbocycles. The van der Waals surface area contributed by atoms with Gasteiger partial charge in [-0.1, -0.05) is 91.8 Å². The van der Waals surface area contributed by atoms with Crippen LogP contribution in [0.3, 0.4) is 0 Å². The molecule has 2 aromatic rings. The summed E-state index contributed by atoms with van der Waals surface area (Å²) in [5.74, 6) is 1.78. The van der Waals surface area contributed by atoms with E-state index in [2.05, 4.69) is 111 Å². The predicted molar refractivity (Wildman–Crippen MR) is 148 cm³/mol. The van der Waals surface area contributed by atoms with Gasteiger partial charge in [0, 0.05) is 24.5 Å². The fraction of sp³-hybridized carbons (Fsp3) is 0.533. The van der Waals surface area contributed by atoms with Crippen molar-refractivity contribution < 1.29 is 0 Å². The summed E-state index contributed by atoms with van der Waals surface area (Å²) in [5.41, 5.74) is 7.50. The molecule has 3 heteroatoms. The molecular weight excluding hydrogens is 402 g/mol. The summed E-state index contributed by atoms with van der Waals surface area (Å²) in [4.78, 5) is 9.93. The zero-order chi connectivity index (χ0) is 24.7. The van der Waals surface area contributed by atoms with Gasteiger partial charge in [0.15, 0.2) is 0 Å². The van der Waals surface area contributed by atoms with Gasteiger partial charge in [0.25, 0.3) is 0 Å². The van der Waals surface area contributed by atoms with Gasteiger partial charge >= 0.3 is 0 Å². The van der Waals surface area contributed by atoms with E-state index in [1.165, 1.54) is 22.3 Å². The third-order valence-electron chi connectivity index (χ3n) is 6.07. The van der Waals surface area contributed by atoms with Crippen LogP contribution in [0.25, 0.3) is 0 Å². The van der Waals surface area contributed by atoms with Gasteiger partial charge in [0.2, 0.25) is 0 Å². The minimum Gasteiger partial charge on any atom is -0.302 e. The van der Waals surface area contributed by atoms with Crippen molar-refractivity contribution in [3.63, 3.8) is 0 Å². The van der Waals surface area contributed by atoms with E-state index >= 15 is 0 Å². The first-order valence-electron chi connectivity index (χ1n) is 12.6. The quantitative estimate of drug-likeness (QED) is 0.363. The van der Waals surface area contributed by atoms with E-state index in [0.717, 1.165) is 11.4 Å². The van der Waals surface area contributed by atoms with Gasteiger partial charge in [0.05, 0.1) is 11.4 Å². The molecule has 0 spiro atoms. The fourth-order valence-corrected chi connectivity index (χ4v) is 4.20. The number of benzene rings is 2. The normalized spacial score (nSPS) is 14.5. The predicted octanol–water partition coefficient (Wildman–Crippen LogP) is 8.65. The van der Waals surface area contributed by atoms with E-state index in [1.807, 2.05) is 12.4 Å². The molecule has 0 amide bonds. The Morgan fingerprint density at radius 1 is 0.515 bits per heavy atom. The number of para-hydroxylation sites is 2. The number of rotatable bonds is 10. The van der Waals surface area contributed by atoms with Crippen molar-refractivity contribution in [1.29, 1.82) is 0 Å². The van der Waals surface area contributed by atoms with Gasteiger partial charge in [0.1, 0.15) is 0 Å². The molecule has 2 aromatic carbocycles. The third kappa shape index (κ3) is 7.37. The number of hydrogen-bond acceptors (Lipinski definition) is 3. The molecule has 2 atom stereocenters. The van der Waals surface area contributed by atoms with Gasteiger partial charge in [-0.25, -0.2) is 0 Å². The highest BCUT2D eigenvalue weighted by atomic mass is 15.0. The standard InChI is InChI=1S/C30H45N3/c1-19(2)25-13-11-14-26(20(3)4)29(25)31-17-23(9)33-24(10)18-32-30-27(21(5)6)15-12-16-28(30)22(7)8/h11-24,33H,1-10H3. The summed E-state index contributed by atoms with van der Waals surface area (Å²) in [6.07, 6.45) is 4.08. The van der Waals surface area contributed by atoms with E-state index in [9.17, 15) is 0 Å². The zero-order valence-electron chi connectivity index (χ0n) is 22.5. The molecule has 0 aliphatic rings. The second-order valence-electron chi connectivity index (χ2n) is 10.5. The Bertz CT molecular complexity index is 821. The first-order chi connectivity index (χ1) is 15.5. The minimum absolute atomic E-state index is 0.136. The number of nitrogens with zero attached hydrogens (tertiary/aromatic N) is 2. The Labute approximate surface area is 202 Å². The lowest BCUT2D eigenvalue weighted by Crippen LogP contribution is -2.36. The van der Waals surface area contributed by atoms with Gasteiger partial charge in [-0.3, -0.25) is 9.98 Å². The topological polar surface area (TPSA) is 36.8 Å². The Hall–Kier alpha value is -2.26. The Morgan fingerprint density at radius 2 is 0.788 bits per heavy atom. The molecule has 3 nitrogen and oxygen atoms in total. The molecule has 0 aliphatic heterocycles. The molecule has 180 valence electrons. The van der Waals surface area contributed by atoms with E-state index in [-0.39, 0.29) is 12.1 Å². The van der Waals surface area contributed by atoms with Crippen LogP contribution in [0.4, 0.5) is 11.4 Å². The highest BCUT2D eigenvalue weighted by molar-refractivity contribution is 5.74. The molecule has 33 heavy (non-hydrogen) atoms. The van der Waals surface area contributed by atoms with Crippen molar-refractivity contribution in [2.24, 2.45) is 9.98 Å². The number of nitrogens with one attached hydrogen (secondary N) is 1. The summed E-state index contributed by atoms with van der Waals surface area (Å²) in [5, 5.41) is 3.62. The molecule has 0 radical (unpaired) electrons. The van der Waals surface area contributed by atoms with E-state index in [4.69, 9.17) is 9.98 Å². The van der Waals surface area contributed by atoms with E-state index in [1.54, 1.807) is 0 Å². The van der Waals surface area contributed by atoms with Crippen LogP contribution < -0.4 is 5.32 Å². The molecule has 0 bridgehead atoms. The van der Waals surface area contributed by atoms with Gasteiger partial charge < -0.3 is 5.32 Å². The molecule has 0 saturated carbocycles. The van der Waals surface area contributed by atoms with Crippen LogP contribution in [0, 0.1) is 0 Å². The Morgan fingerprint density at radius 3 is 1.03 bits per heavy atom. The lowest BCUT2D eigenvalue weighted by molar-refractivity contribution is 0.641. The lowest BCUT2D eigenvalue weighted by atomic mass is 9.93. The third-order valence-corrected chi connectivity index (χ3v) is 6.07. The molecular formula is C30H45N3. The smallest absolute Gasteiger partial charge is 0.0695 e. The van der Waals surface area contributed by atoms with Crippen LogP contribution in [0.1, 0.15) is 115 Å². The molecule has 0 saturated heterocycles. The fourth-order valence-electron chi connectivity index (χ4n) is 4.20. The Balaban J connectivity index is 2.20. The van der Waals surface area contributed by atoms with Gasteiger partial charge in [-0.15, -0.1) is 0 Å². The molecule has 2 unspecified atom stereocenters. The Kier molecular flexibility index (Phi) is 10.0. The zero-order valence-corrected chi connectivity index (χ0v) is 22.5. The second kappa shape index (κ2) is 12.3. The average Bonchev–Trinajstić information content (AvgIpc) is 2.75. The van der Waals surface area contributed by atoms with Crippen molar-refractivity contribution in [3.05, 3.63) is 58.7 Å². The maximum absolute atomic E-state index is 4.96. The van der Waals surface area contributed by atoms with Gasteiger partial charge in [-0.2, -0.15) is 0 Å². The highest BCUT2D eigenvalue weighted by Crippen LogP contribution is 2.35. The monoisotopic (exact) mass is 447 g/mol. The van der Waals surface area contributed by atoms with E-state index < -0.39 is 0 Å². The first kappa shape index (κ1) is 27.0. The van der Waals surface area contributed by atoms with Gasteiger partial charge in [-0.05, 0) is 59.8 Å². The van der Waals surface area contributed by atoms with Crippen molar-refractivity contribution in [1.82, 2.24) is 5.32 Å². The molecule has 0 aromatic heterocycles. The van der Waals surface area contributed by atoms with Crippen LogP contribution in [0.15, 0.2) is 46.4 Å². The number of aliphatic imine (C=N–C) groups is 2. The summed E-state index contributed by atoms with van der Waals surface area (Å²) >= 11 is 0. The average molecular weight is 448 g/mol. The van der Waals surface area contributed by atoms with E-state index in [0.29, 0.717) is 23.7 Å². The van der Waals surface area contributed by atoms with Crippen molar-refractivity contribution in [2.45, 2.75) is 105 Å². The SMILES string of the molecule is CC(C=Nc1c(C(C)C)cccc1C(C)C)NC(C)C=Nc1c(C(C)C)cccc1C(C)C. The minimum atomic E-state index is 0.136. The highest BCUT2D eigenvalue weighted by Gasteiger charge is 2.15. The number of hydrogen-bond donors (Lipinski definition) is 1. The van der Waals surface area contributed by atoms with Crippen molar-refractivity contribution >= 4 is 23.8 Å². The van der Waals surface area contributed by atoms with Crippen LogP contribution in [0.2, 0.25) is 0 Å². The maximum Gasteiger partial charge on any atom is 0.0695 e. The lowest BCUT2D eigenvalue weighted by Gasteiger charge is -2.18. The van der Waals surface area contributed by atoms with Crippen LogP contribution in [-0.4, -0.2) is 24.5 Å². The van der Waals surface area contributed by atoms with Crippen molar-refractivity contribution in [2.75, 3.05) is 0 Å². The molecule has 1 N–H and O–H groups in total. The summed E-state index contributed by atoms with van der Waals surface area (Å²) in [7, 11) is 0. The van der Waals surface area contributed by atoms with Crippen LogP contribution >= 0.6 is 0 Å².